The molecule has 0 radical (unpaired) electrons. The first-order valence-corrected chi connectivity index (χ1v) is 8.74. The number of aryl methyl sites for hydroxylation is 1. The van der Waals surface area contributed by atoms with E-state index in [0.717, 1.165) is 15.4 Å². The molecule has 0 fully saturated rings. The number of unbranched alkanes of at least 4 members (excludes halogenated alkanes) is 4. The van der Waals surface area contributed by atoms with Gasteiger partial charge in [-0.25, -0.2) is 4.98 Å². The maximum absolute atomic E-state index is 5.91. The van der Waals surface area contributed by atoms with Crippen molar-refractivity contribution in [3.63, 3.8) is 0 Å². The molecule has 1 rings (SSSR count). The molecule has 19 heavy (non-hydrogen) atoms. The Morgan fingerprint density at radius 3 is 2.21 bits per heavy atom. The van der Waals surface area contributed by atoms with Crippen molar-refractivity contribution in [3.05, 3.63) is 15.4 Å². The van der Waals surface area contributed by atoms with Gasteiger partial charge < -0.3 is 4.42 Å². The average molecular weight is 377 g/mol. The predicted molar refractivity (Wildman–Crippen MR) is 89.6 cm³/mol. The number of aromatic nitrogens is 1. The molecule has 1 aromatic heterocycles. The quantitative estimate of drug-likeness (QED) is 0.389. The first-order valence-electron chi connectivity index (χ1n) is 7.67. The number of hydrogen-bond donors (Lipinski definition) is 0. The average Bonchev–Trinajstić information content (AvgIpc) is 2.72. The first-order chi connectivity index (χ1) is 9.03. The van der Waals surface area contributed by atoms with Crippen LogP contribution in [0.5, 0.6) is 0 Å². The number of oxazole rings is 1. The maximum Gasteiger partial charge on any atom is 0.192 e. The smallest absolute Gasteiger partial charge is 0.192 e. The van der Waals surface area contributed by atoms with E-state index in [2.05, 4.69) is 48.3 Å². The van der Waals surface area contributed by atoms with Crippen LogP contribution in [0, 0.1) is 10.6 Å². The second kappa shape index (κ2) is 8.28. The Bertz CT molecular complexity index is 375. The highest BCUT2D eigenvalue weighted by Crippen LogP contribution is 2.38. The predicted octanol–water partition coefficient (Wildman–Crippen LogP) is 6.01. The van der Waals surface area contributed by atoms with Crippen molar-refractivity contribution in [2.45, 2.75) is 84.5 Å². The van der Waals surface area contributed by atoms with Crippen molar-refractivity contribution >= 4 is 22.6 Å². The van der Waals surface area contributed by atoms with E-state index in [1.165, 1.54) is 51.4 Å². The van der Waals surface area contributed by atoms with Gasteiger partial charge in [0.1, 0.15) is 9.46 Å². The lowest BCUT2D eigenvalue weighted by Gasteiger charge is -2.27. The molecule has 1 heterocycles. The zero-order chi connectivity index (χ0) is 14.3. The van der Waals surface area contributed by atoms with Crippen molar-refractivity contribution in [1.82, 2.24) is 4.98 Å². The number of nitrogens with zero attached hydrogens (tertiary/aromatic N) is 1. The van der Waals surface area contributed by atoms with Gasteiger partial charge in [0.25, 0.3) is 0 Å². The van der Waals surface area contributed by atoms with Gasteiger partial charge in [-0.3, -0.25) is 0 Å². The van der Waals surface area contributed by atoms with E-state index in [-0.39, 0.29) is 5.41 Å². The maximum atomic E-state index is 5.91. The third-order valence-electron chi connectivity index (χ3n) is 3.91. The van der Waals surface area contributed by atoms with E-state index in [1.54, 1.807) is 0 Å². The van der Waals surface area contributed by atoms with Crippen molar-refractivity contribution in [2.24, 2.45) is 0 Å². The van der Waals surface area contributed by atoms with Crippen molar-refractivity contribution in [2.75, 3.05) is 0 Å². The van der Waals surface area contributed by atoms with E-state index in [9.17, 15) is 0 Å². The summed E-state index contributed by atoms with van der Waals surface area (Å²) in [7, 11) is 0. The van der Waals surface area contributed by atoms with Gasteiger partial charge in [-0.15, -0.1) is 0 Å². The van der Waals surface area contributed by atoms with E-state index < -0.39 is 0 Å². The fraction of sp³-hybridized carbons (Fsp3) is 0.812. The number of rotatable bonds is 9. The Hall–Kier alpha value is -0.0600. The normalized spacial score (nSPS) is 14.6. The third kappa shape index (κ3) is 5.09. The van der Waals surface area contributed by atoms with Crippen LogP contribution in [0.25, 0.3) is 0 Å². The van der Waals surface area contributed by atoms with Crippen LogP contribution < -0.4 is 0 Å². The van der Waals surface area contributed by atoms with Crippen molar-refractivity contribution in [1.29, 1.82) is 0 Å². The van der Waals surface area contributed by atoms with Crippen molar-refractivity contribution in [3.8, 4) is 0 Å². The minimum Gasteiger partial charge on any atom is -0.444 e. The number of halogens is 1. The van der Waals surface area contributed by atoms with Crippen LogP contribution in [0.4, 0.5) is 0 Å². The second-order valence-corrected chi connectivity index (χ2v) is 6.85. The molecule has 1 atom stereocenters. The highest BCUT2D eigenvalue weighted by Gasteiger charge is 2.32. The molecule has 1 unspecified atom stereocenters. The second-order valence-electron chi connectivity index (χ2n) is 5.83. The molecule has 0 N–H and O–H groups in total. The molecule has 0 amide bonds. The Labute approximate surface area is 131 Å². The topological polar surface area (TPSA) is 26.0 Å². The summed E-state index contributed by atoms with van der Waals surface area (Å²) < 4.78 is 6.97. The lowest BCUT2D eigenvalue weighted by molar-refractivity contribution is 0.293. The van der Waals surface area contributed by atoms with Gasteiger partial charge in [0.05, 0.1) is 0 Å². The highest BCUT2D eigenvalue weighted by atomic mass is 127. The first kappa shape index (κ1) is 17.0. The molecule has 0 aliphatic rings. The zero-order valence-corrected chi connectivity index (χ0v) is 15.0. The van der Waals surface area contributed by atoms with Crippen LogP contribution in [-0.2, 0) is 5.41 Å². The Morgan fingerprint density at radius 2 is 1.68 bits per heavy atom. The van der Waals surface area contributed by atoms with E-state index >= 15 is 0 Å². The molecule has 110 valence electrons. The Morgan fingerprint density at radius 1 is 1.05 bits per heavy atom. The van der Waals surface area contributed by atoms with Gasteiger partial charge in [-0.2, -0.15) is 0 Å². The molecule has 3 heteroatoms. The Kier molecular flexibility index (Phi) is 7.40. The molecule has 0 spiro atoms. The van der Waals surface area contributed by atoms with Gasteiger partial charge >= 0.3 is 0 Å². The minimum atomic E-state index is 0.168. The van der Waals surface area contributed by atoms with Gasteiger partial charge in [0.15, 0.2) is 5.89 Å². The largest absolute Gasteiger partial charge is 0.444 e. The van der Waals surface area contributed by atoms with Gasteiger partial charge in [-0.1, -0.05) is 59.3 Å². The van der Waals surface area contributed by atoms with E-state index in [4.69, 9.17) is 4.42 Å². The van der Waals surface area contributed by atoms with Crippen LogP contribution in [-0.4, -0.2) is 4.98 Å². The van der Waals surface area contributed by atoms with Crippen molar-refractivity contribution < 1.29 is 4.42 Å². The summed E-state index contributed by atoms with van der Waals surface area (Å²) in [5.74, 6) is 1.92. The fourth-order valence-electron chi connectivity index (χ4n) is 2.63. The zero-order valence-electron chi connectivity index (χ0n) is 12.9. The highest BCUT2D eigenvalue weighted by molar-refractivity contribution is 14.1. The van der Waals surface area contributed by atoms with Gasteiger partial charge in [0, 0.05) is 12.3 Å². The molecule has 0 aromatic carbocycles. The molecule has 0 aliphatic carbocycles. The summed E-state index contributed by atoms with van der Waals surface area (Å²) in [4.78, 5) is 4.45. The summed E-state index contributed by atoms with van der Waals surface area (Å²) in [6.07, 6.45) is 10.2. The number of hydrogen-bond acceptors (Lipinski definition) is 2. The SMILES string of the molecule is CCCCCCC(C)(CCCC)c1oc(C)nc1I. The molecule has 0 aliphatic heterocycles. The van der Waals surface area contributed by atoms with Gasteiger partial charge in [-0.05, 0) is 35.4 Å². The molecular formula is C16H28INO. The molecule has 2 nitrogen and oxygen atoms in total. The molecular weight excluding hydrogens is 349 g/mol. The minimum absolute atomic E-state index is 0.168. The van der Waals surface area contributed by atoms with Crippen LogP contribution in [0.2, 0.25) is 0 Å². The lowest BCUT2D eigenvalue weighted by atomic mass is 9.78. The molecule has 0 saturated heterocycles. The van der Waals surface area contributed by atoms with E-state index in [1.807, 2.05) is 6.92 Å². The van der Waals surface area contributed by atoms with Gasteiger partial charge in [0.2, 0.25) is 0 Å². The third-order valence-corrected chi connectivity index (χ3v) is 4.64. The summed E-state index contributed by atoms with van der Waals surface area (Å²) in [5.41, 5.74) is 0.168. The fourth-order valence-corrected chi connectivity index (χ4v) is 3.74. The molecule has 0 saturated carbocycles. The monoisotopic (exact) mass is 377 g/mol. The summed E-state index contributed by atoms with van der Waals surface area (Å²) in [6.45, 7) is 8.83. The summed E-state index contributed by atoms with van der Waals surface area (Å²) >= 11 is 2.32. The lowest BCUT2D eigenvalue weighted by Crippen LogP contribution is -2.22. The molecule has 1 aromatic rings. The summed E-state index contributed by atoms with van der Waals surface area (Å²) in [5, 5.41) is 0. The van der Waals surface area contributed by atoms with Crippen LogP contribution in [0.3, 0.4) is 0 Å². The standard InChI is InChI=1S/C16H28INO/c1-5-7-9-10-12-16(4,11-8-6-2)14-15(17)18-13(3)19-14/h5-12H2,1-4H3. The van der Waals surface area contributed by atoms with Crippen LogP contribution in [0.1, 0.15) is 83.8 Å². The van der Waals surface area contributed by atoms with Crippen LogP contribution in [0.15, 0.2) is 4.42 Å². The van der Waals surface area contributed by atoms with Crippen LogP contribution >= 0.6 is 22.6 Å². The summed E-state index contributed by atoms with van der Waals surface area (Å²) in [6, 6.07) is 0. The Balaban J connectivity index is 2.76. The molecule has 0 bridgehead atoms. The van der Waals surface area contributed by atoms with E-state index in [0.29, 0.717) is 0 Å².